The van der Waals surface area contributed by atoms with E-state index in [2.05, 4.69) is 0 Å². The van der Waals surface area contributed by atoms with E-state index in [-0.39, 0.29) is 12.4 Å². The lowest BCUT2D eigenvalue weighted by Crippen LogP contribution is -2.52. The summed E-state index contributed by atoms with van der Waals surface area (Å²) in [5, 5.41) is 9.96. The molecule has 6 heteroatoms. The van der Waals surface area contributed by atoms with Crippen LogP contribution in [0.25, 0.3) is 0 Å². The summed E-state index contributed by atoms with van der Waals surface area (Å²) in [6.07, 6.45) is -0.286. The molecule has 0 unspecified atom stereocenters. The number of nitrogens with zero attached hydrogens (tertiary/aromatic N) is 1. The number of hydrogen-bond donors (Lipinski definition) is 1. The molecule has 0 saturated carbocycles. The number of ether oxygens (including phenoxy) is 1. The highest BCUT2D eigenvalue weighted by atomic mass is 19.1. The lowest BCUT2D eigenvalue weighted by Gasteiger charge is -2.40. The molecule has 28 heavy (non-hydrogen) atoms. The molecular weight excluding hydrogens is 361 g/mol. The van der Waals surface area contributed by atoms with Gasteiger partial charge in [0.2, 0.25) is 0 Å². The Balaban J connectivity index is 2.01. The quantitative estimate of drug-likeness (QED) is 0.853. The van der Waals surface area contributed by atoms with Gasteiger partial charge in [0, 0.05) is 5.92 Å². The third-order valence-electron chi connectivity index (χ3n) is 4.76. The lowest BCUT2D eigenvalue weighted by atomic mass is 9.79. The zero-order chi connectivity index (χ0) is 20.5. The molecule has 1 N–H and O–H groups in total. The van der Waals surface area contributed by atoms with Crippen LogP contribution in [0.15, 0.2) is 48.5 Å². The van der Waals surface area contributed by atoms with Crippen LogP contribution >= 0.6 is 0 Å². The first-order valence-corrected chi connectivity index (χ1v) is 9.20. The minimum absolute atomic E-state index is 0.169. The highest BCUT2D eigenvalue weighted by Crippen LogP contribution is 2.37. The van der Waals surface area contributed by atoms with Crippen molar-refractivity contribution in [3.63, 3.8) is 0 Å². The molecular formula is C22H24FNO4. The molecule has 0 spiro atoms. The number of benzene rings is 2. The predicted octanol–water partition coefficient (Wildman–Crippen LogP) is 4.36. The van der Waals surface area contributed by atoms with Gasteiger partial charge in [0.15, 0.2) is 0 Å². The third kappa shape index (κ3) is 4.32. The molecule has 5 nitrogen and oxygen atoms in total. The molecule has 0 aromatic heterocycles. The molecule has 2 atom stereocenters. The monoisotopic (exact) mass is 385 g/mol. The van der Waals surface area contributed by atoms with Gasteiger partial charge in [0.1, 0.15) is 17.5 Å². The summed E-state index contributed by atoms with van der Waals surface area (Å²) in [6.45, 7) is 5.40. The molecule has 148 valence electrons. The Hall–Kier alpha value is -2.89. The van der Waals surface area contributed by atoms with Gasteiger partial charge < -0.3 is 9.84 Å². The van der Waals surface area contributed by atoms with Gasteiger partial charge in [-0.25, -0.2) is 14.0 Å². The first-order valence-electron chi connectivity index (χ1n) is 9.20. The Labute approximate surface area is 163 Å². The number of aliphatic carboxylic acids is 1. The van der Waals surface area contributed by atoms with Crippen LogP contribution in [0.1, 0.15) is 43.4 Å². The van der Waals surface area contributed by atoms with Crippen LogP contribution in [0.2, 0.25) is 0 Å². The number of hydrogen-bond acceptors (Lipinski definition) is 3. The van der Waals surface area contributed by atoms with Gasteiger partial charge in [-0.15, -0.1) is 0 Å². The molecule has 0 aliphatic carbocycles. The second-order valence-corrected chi connectivity index (χ2v) is 8.03. The minimum atomic E-state index is -1.09. The van der Waals surface area contributed by atoms with Gasteiger partial charge >= 0.3 is 12.1 Å². The number of rotatable bonds is 3. The number of carboxylic acid groups (broad SMARTS) is 1. The van der Waals surface area contributed by atoms with Crippen molar-refractivity contribution in [2.24, 2.45) is 0 Å². The lowest BCUT2D eigenvalue weighted by molar-refractivity contribution is -0.144. The molecule has 0 bridgehead atoms. The van der Waals surface area contributed by atoms with Crippen molar-refractivity contribution in [1.29, 1.82) is 0 Å². The number of amides is 1. The summed E-state index contributed by atoms with van der Waals surface area (Å²) in [6, 6.07) is 12.4. The van der Waals surface area contributed by atoms with E-state index >= 15 is 0 Å². The van der Waals surface area contributed by atoms with Crippen LogP contribution in [-0.2, 0) is 22.5 Å². The Morgan fingerprint density at radius 1 is 1.14 bits per heavy atom. The van der Waals surface area contributed by atoms with Crippen LogP contribution in [0, 0.1) is 5.82 Å². The summed E-state index contributed by atoms with van der Waals surface area (Å²) in [5.74, 6) is -1.91. The third-order valence-corrected chi connectivity index (χ3v) is 4.76. The summed E-state index contributed by atoms with van der Waals surface area (Å²) in [5.41, 5.74) is 1.85. The van der Waals surface area contributed by atoms with Crippen LogP contribution in [0.4, 0.5) is 9.18 Å². The first kappa shape index (κ1) is 19.9. The molecule has 1 aliphatic heterocycles. The van der Waals surface area contributed by atoms with Crippen molar-refractivity contribution in [1.82, 2.24) is 4.90 Å². The van der Waals surface area contributed by atoms with Crippen LogP contribution in [-0.4, -0.2) is 33.7 Å². The molecule has 1 heterocycles. The standard InChI is InChI=1S/C22H24FNO4/c1-22(2,3)28-21(27)24-13-15-6-4-5-7-17(15)18(19(24)20(25)26)12-14-8-10-16(23)11-9-14/h4-11,18-19H,12-13H2,1-3H3,(H,25,26)/t18-,19+/m0/s1. The molecule has 0 fully saturated rings. The smallest absolute Gasteiger partial charge is 0.411 e. The number of carbonyl (C=O) groups excluding carboxylic acids is 1. The highest BCUT2D eigenvalue weighted by Gasteiger charge is 2.43. The van der Waals surface area contributed by atoms with E-state index in [1.807, 2.05) is 24.3 Å². The largest absolute Gasteiger partial charge is 0.480 e. The summed E-state index contributed by atoms with van der Waals surface area (Å²) in [4.78, 5) is 26.2. The van der Waals surface area contributed by atoms with Crippen molar-refractivity contribution >= 4 is 12.1 Å². The van der Waals surface area contributed by atoms with Gasteiger partial charge in [0.05, 0.1) is 6.54 Å². The Bertz CT molecular complexity index is 873. The molecule has 1 aliphatic rings. The van der Waals surface area contributed by atoms with Gasteiger partial charge in [0.25, 0.3) is 0 Å². The van der Waals surface area contributed by atoms with E-state index in [9.17, 15) is 19.1 Å². The van der Waals surface area contributed by atoms with Crippen molar-refractivity contribution in [3.05, 3.63) is 71.0 Å². The Kier molecular flexibility index (Phi) is 5.40. The molecule has 3 rings (SSSR count). The van der Waals surface area contributed by atoms with E-state index in [4.69, 9.17) is 4.74 Å². The average Bonchev–Trinajstić information content (AvgIpc) is 2.61. The number of carboxylic acids is 1. The SMILES string of the molecule is CC(C)(C)OC(=O)N1Cc2ccccc2[C@H](Cc2ccc(F)cc2)[C@@H]1C(=O)O. The van der Waals surface area contributed by atoms with E-state index in [0.717, 1.165) is 16.7 Å². The fourth-order valence-electron chi connectivity index (χ4n) is 3.61. The molecule has 2 aromatic rings. The van der Waals surface area contributed by atoms with Gasteiger partial charge in [-0.1, -0.05) is 36.4 Å². The van der Waals surface area contributed by atoms with Crippen LogP contribution < -0.4 is 0 Å². The Morgan fingerprint density at radius 3 is 2.39 bits per heavy atom. The predicted molar refractivity (Wildman–Crippen MR) is 102 cm³/mol. The number of halogens is 1. The molecule has 1 amide bonds. The summed E-state index contributed by atoms with van der Waals surface area (Å²) < 4.78 is 18.7. The second-order valence-electron chi connectivity index (χ2n) is 8.03. The maximum absolute atomic E-state index is 13.3. The van der Waals surface area contributed by atoms with Crippen LogP contribution in [0.3, 0.4) is 0 Å². The zero-order valence-corrected chi connectivity index (χ0v) is 16.2. The van der Waals surface area contributed by atoms with E-state index in [1.165, 1.54) is 17.0 Å². The van der Waals surface area contributed by atoms with Gasteiger partial charge in [-0.2, -0.15) is 0 Å². The van der Waals surface area contributed by atoms with Crippen molar-refractivity contribution in [2.45, 2.75) is 51.3 Å². The first-order chi connectivity index (χ1) is 13.2. The highest BCUT2D eigenvalue weighted by molar-refractivity contribution is 5.82. The maximum atomic E-state index is 13.3. The molecule has 0 saturated heterocycles. The maximum Gasteiger partial charge on any atom is 0.411 e. The summed E-state index contributed by atoms with van der Waals surface area (Å²) >= 11 is 0. The fraction of sp³-hybridized carbons (Fsp3) is 0.364. The molecule has 0 radical (unpaired) electrons. The number of carbonyl (C=O) groups is 2. The average molecular weight is 385 g/mol. The van der Waals surface area contributed by atoms with Gasteiger partial charge in [-0.3, -0.25) is 4.90 Å². The molecule has 2 aromatic carbocycles. The van der Waals surface area contributed by atoms with Crippen LogP contribution in [0.5, 0.6) is 0 Å². The minimum Gasteiger partial charge on any atom is -0.480 e. The van der Waals surface area contributed by atoms with Gasteiger partial charge in [-0.05, 0) is 56.0 Å². The topological polar surface area (TPSA) is 66.8 Å². The van der Waals surface area contributed by atoms with Crippen molar-refractivity contribution in [3.8, 4) is 0 Å². The van der Waals surface area contributed by atoms with E-state index < -0.39 is 29.6 Å². The van der Waals surface area contributed by atoms with Crippen molar-refractivity contribution in [2.75, 3.05) is 0 Å². The van der Waals surface area contributed by atoms with E-state index in [0.29, 0.717) is 6.42 Å². The van der Waals surface area contributed by atoms with Crippen molar-refractivity contribution < 1.29 is 23.8 Å². The van der Waals surface area contributed by atoms with E-state index in [1.54, 1.807) is 32.9 Å². The normalized spacial score (nSPS) is 19.1. The Morgan fingerprint density at radius 2 is 1.79 bits per heavy atom. The zero-order valence-electron chi connectivity index (χ0n) is 16.2. The fourth-order valence-corrected chi connectivity index (χ4v) is 3.61. The number of fused-ring (bicyclic) bond motifs is 1. The summed E-state index contributed by atoms with van der Waals surface area (Å²) in [7, 11) is 0. The second kappa shape index (κ2) is 7.62.